The number of carbonyl (C=O) groups is 2. The fourth-order valence-electron chi connectivity index (χ4n) is 3.99. The van der Waals surface area contributed by atoms with E-state index in [0.29, 0.717) is 11.4 Å². The summed E-state index contributed by atoms with van der Waals surface area (Å²) in [5.41, 5.74) is 0.519. The van der Waals surface area contributed by atoms with E-state index in [2.05, 4.69) is 10.3 Å². The summed E-state index contributed by atoms with van der Waals surface area (Å²) in [6, 6.07) is 13.2. The summed E-state index contributed by atoms with van der Waals surface area (Å²) in [5, 5.41) is 23.2. The first-order chi connectivity index (χ1) is 18.3. The van der Waals surface area contributed by atoms with Gasteiger partial charge in [0.05, 0.1) is 24.3 Å². The van der Waals surface area contributed by atoms with E-state index in [1.807, 2.05) is 24.3 Å². The Bertz CT molecular complexity index is 1230. The molecule has 0 saturated carbocycles. The number of fused-ring (bicyclic) bond motifs is 1. The first-order valence-corrected chi connectivity index (χ1v) is 12.6. The van der Waals surface area contributed by atoms with Gasteiger partial charge >= 0.3 is 6.09 Å². The number of halogens is 2. The van der Waals surface area contributed by atoms with Crippen LogP contribution in [-0.4, -0.2) is 89.5 Å². The van der Waals surface area contributed by atoms with Crippen LogP contribution in [0, 0.1) is 5.82 Å². The molecule has 38 heavy (non-hydrogen) atoms. The van der Waals surface area contributed by atoms with E-state index in [0.717, 1.165) is 10.8 Å². The molecule has 0 fully saturated rings. The van der Waals surface area contributed by atoms with E-state index in [4.69, 9.17) is 16.3 Å². The van der Waals surface area contributed by atoms with Crippen LogP contribution in [0.5, 0.6) is 0 Å². The molecular formula is C27H32ClFN4O5. The van der Waals surface area contributed by atoms with Gasteiger partial charge in [-0.05, 0) is 29.5 Å². The maximum atomic E-state index is 13.8. The van der Waals surface area contributed by atoms with E-state index >= 15 is 0 Å². The molecule has 0 aliphatic heterocycles. The molecule has 11 heteroatoms. The quantitative estimate of drug-likeness (QED) is 0.301. The van der Waals surface area contributed by atoms with Crippen LogP contribution in [0.15, 0.2) is 54.7 Å². The highest BCUT2D eigenvalue weighted by Crippen LogP contribution is 2.21. The third kappa shape index (κ3) is 8.35. The van der Waals surface area contributed by atoms with Crippen LogP contribution >= 0.6 is 11.6 Å². The zero-order valence-corrected chi connectivity index (χ0v) is 21.9. The second-order valence-corrected chi connectivity index (χ2v) is 9.14. The summed E-state index contributed by atoms with van der Waals surface area (Å²) in [6.07, 6.45) is 1.20. The van der Waals surface area contributed by atoms with Gasteiger partial charge in [0.15, 0.2) is 0 Å². The third-order valence-electron chi connectivity index (χ3n) is 6.15. The van der Waals surface area contributed by atoms with Crippen LogP contribution in [0.2, 0.25) is 5.02 Å². The summed E-state index contributed by atoms with van der Waals surface area (Å²) in [4.78, 5) is 33.0. The SMILES string of the molecule is CN(C(=O)CCc1cccc(F)c1Cl)[C@H](COC(=O)Nc1cc2ccccc2cn1)CN(CCO)CCO. The van der Waals surface area contributed by atoms with Gasteiger partial charge < -0.3 is 19.8 Å². The second kappa shape index (κ2) is 14.6. The van der Waals surface area contributed by atoms with Crippen LogP contribution in [0.1, 0.15) is 12.0 Å². The molecule has 1 aromatic heterocycles. The minimum Gasteiger partial charge on any atom is -0.447 e. The highest BCUT2D eigenvalue weighted by molar-refractivity contribution is 6.31. The number of ether oxygens (including phenoxy) is 1. The first-order valence-electron chi connectivity index (χ1n) is 12.2. The molecule has 3 rings (SSSR count). The van der Waals surface area contributed by atoms with Crippen molar-refractivity contribution in [3.05, 3.63) is 71.1 Å². The van der Waals surface area contributed by atoms with E-state index in [9.17, 15) is 24.2 Å². The van der Waals surface area contributed by atoms with Gasteiger partial charge in [0.25, 0.3) is 0 Å². The summed E-state index contributed by atoms with van der Waals surface area (Å²) >= 11 is 6.02. The van der Waals surface area contributed by atoms with Crippen LogP contribution in [0.4, 0.5) is 15.0 Å². The Balaban J connectivity index is 1.65. The molecule has 9 nitrogen and oxygen atoms in total. The van der Waals surface area contributed by atoms with Gasteiger partial charge in [-0.3, -0.25) is 15.0 Å². The maximum absolute atomic E-state index is 13.8. The van der Waals surface area contributed by atoms with Crippen LogP contribution in [-0.2, 0) is 16.0 Å². The molecule has 3 aromatic rings. The predicted octanol–water partition coefficient (Wildman–Crippen LogP) is 3.32. The van der Waals surface area contributed by atoms with Crippen molar-refractivity contribution in [2.45, 2.75) is 18.9 Å². The third-order valence-corrected chi connectivity index (χ3v) is 6.57. The summed E-state index contributed by atoms with van der Waals surface area (Å²) < 4.78 is 19.2. The van der Waals surface area contributed by atoms with E-state index < -0.39 is 18.0 Å². The monoisotopic (exact) mass is 546 g/mol. The average molecular weight is 547 g/mol. The molecule has 0 bridgehead atoms. The van der Waals surface area contributed by atoms with Gasteiger partial charge in [-0.15, -0.1) is 0 Å². The largest absolute Gasteiger partial charge is 0.447 e. The molecule has 0 spiro atoms. The topological polar surface area (TPSA) is 115 Å². The Morgan fingerprint density at radius 3 is 2.53 bits per heavy atom. The van der Waals surface area contributed by atoms with Gasteiger partial charge in [0, 0.05) is 44.7 Å². The molecule has 204 valence electrons. The molecule has 0 unspecified atom stereocenters. The number of hydrogen-bond donors (Lipinski definition) is 3. The molecule has 0 radical (unpaired) electrons. The minimum absolute atomic E-state index is 0.0149. The Labute approximate surface area is 225 Å². The number of carbonyl (C=O) groups excluding carboxylic acids is 2. The second-order valence-electron chi connectivity index (χ2n) is 8.76. The molecule has 0 aliphatic carbocycles. The molecular weight excluding hydrogens is 515 g/mol. The molecule has 3 N–H and O–H groups in total. The molecule has 1 heterocycles. The Kier molecular flexibility index (Phi) is 11.2. The number of pyridine rings is 1. The molecule has 0 aliphatic rings. The number of hydrogen-bond acceptors (Lipinski definition) is 7. The lowest BCUT2D eigenvalue weighted by Crippen LogP contribution is -2.49. The number of nitrogens with zero attached hydrogens (tertiary/aromatic N) is 3. The van der Waals surface area contributed by atoms with Crippen LogP contribution in [0.3, 0.4) is 0 Å². The fraction of sp³-hybridized carbons (Fsp3) is 0.370. The number of aryl methyl sites for hydroxylation is 1. The van der Waals surface area contributed by atoms with Crippen molar-refractivity contribution < 1.29 is 28.9 Å². The minimum atomic E-state index is -0.735. The normalized spacial score (nSPS) is 11.9. The van der Waals surface area contributed by atoms with Crippen LogP contribution in [0.25, 0.3) is 10.8 Å². The van der Waals surface area contributed by atoms with Crippen molar-refractivity contribution in [2.75, 3.05) is 51.8 Å². The number of nitrogens with one attached hydrogen (secondary N) is 1. The summed E-state index contributed by atoms with van der Waals surface area (Å²) in [5.74, 6) is -0.487. The Morgan fingerprint density at radius 2 is 1.82 bits per heavy atom. The van der Waals surface area contributed by atoms with Crippen LogP contribution < -0.4 is 5.32 Å². The highest BCUT2D eigenvalue weighted by atomic mass is 35.5. The number of rotatable bonds is 13. The molecule has 2 amide bonds. The lowest BCUT2D eigenvalue weighted by atomic mass is 10.1. The molecule has 0 saturated heterocycles. The zero-order chi connectivity index (χ0) is 27.5. The van der Waals surface area contributed by atoms with Gasteiger partial charge in [-0.1, -0.05) is 48.0 Å². The number of anilines is 1. The predicted molar refractivity (Wildman–Crippen MR) is 144 cm³/mol. The van der Waals surface area contributed by atoms with Crippen molar-refractivity contribution in [1.82, 2.24) is 14.8 Å². The summed E-state index contributed by atoms with van der Waals surface area (Å²) in [6.45, 7) is 0.354. The first kappa shape index (κ1) is 29.2. The lowest BCUT2D eigenvalue weighted by Gasteiger charge is -2.32. The van der Waals surface area contributed by atoms with Gasteiger partial charge in [-0.2, -0.15) is 0 Å². The maximum Gasteiger partial charge on any atom is 0.412 e. The van der Waals surface area contributed by atoms with Crippen molar-refractivity contribution in [1.29, 1.82) is 0 Å². The average Bonchev–Trinajstić information content (AvgIpc) is 2.91. The molecule has 1 atom stereocenters. The Hall–Kier alpha value is -3.31. The number of aliphatic hydroxyl groups is 2. The van der Waals surface area contributed by atoms with E-state index in [1.54, 1.807) is 30.3 Å². The number of aliphatic hydroxyl groups excluding tert-OH is 2. The highest BCUT2D eigenvalue weighted by Gasteiger charge is 2.24. The number of benzene rings is 2. The van der Waals surface area contributed by atoms with E-state index in [1.165, 1.54) is 17.0 Å². The standard InChI is InChI=1S/C27H32ClFN4O5/c1-32(25(36)10-9-19-7-4-8-23(29)26(19)28)22(17-33(11-13-34)12-14-35)18-38-27(37)31-24-15-20-5-2-3-6-21(20)16-30-24/h2-8,15-16,22,34-35H,9-14,17-18H2,1H3,(H,30,31,37)/t22-/m0/s1. The van der Waals surface area contributed by atoms with Gasteiger partial charge in [0.2, 0.25) is 5.91 Å². The lowest BCUT2D eigenvalue weighted by molar-refractivity contribution is -0.133. The number of amides is 2. The van der Waals surface area contributed by atoms with Crippen molar-refractivity contribution >= 4 is 40.2 Å². The van der Waals surface area contributed by atoms with Crippen molar-refractivity contribution in [3.8, 4) is 0 Å². The van der Waals surface area contributed by atoms with Gasteiger partial charge in [-0.25, -0.2) is 14.2 Å². The van der Waals surface area contributed by atoms with Crippen molar-refractivity contribution in [2.24, 2.45) is 0 Å². The zero-order valence-electron chi connectivity index (χ0n) is 21.1. The van der Waals surface area contributed by atoms with Gasteiger partial charge in [0.1, 0.15) is 18.2 Å². The smallest absolute Gasteiger partial charge is 0.412 e. The van der Waals surface area contributed by atoms with Crippen molar-refractivity contribution in [3.63, 3.8) is 0 Å². The summed E-state index contributed by atoms with van der Waals surface area (Å²) in [7, 11) is 1.59. The number of aromatic nitrogens is 1. The fourth-order valence-corrected chi connectivity index (χ4v) is 4.21. The van der Waals surface area contributed by atoms with E-state index in [-0.39, 0.29) is 63.2 Å². The Morgan fingerprint density at radius 1 is 1.11 bits per heavy atom. The number of likely N-dealkylation sites (N-methyl/N-ethyl adjacent to an activating group) is 1. The molecule has 2 aromatic carbocycles.